The Morgan fingerprint density at radius 1 is 1.20 bits per heavy atom. The van der Waals surface area contributed by atoms with E-state index in [1.807, 2.05) is 18.2 Å². The van der Waals surface area contributed by atoms with Gasteiger partial charge in [0.1, 0.15) is 0 Å². The normalized spacial score (nSPS) is 15.2. The van der Waals surface area contributed by atoms with Gasteiger partial charge in [-0.05, 0) is 48.4 Å². The maximum atomic E-state index is 12.4. The zero-order valence-corrected chi connectivity index (χ0v) is 14.8. The molecule has 1 aliphatic heterocycles. The first-order chi connectivity index (χ1) is 12.0. The van der Waals surface area contributed by atoms with E-state index >= 15 is 0 Å². The molecule has 1 N–H and O–H groups in total. The number of benzene rings is 2. The molecule has 1 fully saturated rings. The lowest BCUT2D eigenvalue weighted by atomic mass is 10.1. The van der Waals surface area contributed by atoms with Gasteiger partial charge in [-0.2, -0.15) is 0 Å². The summed E-state index contributed by atoms with van der Waals surface area (Å²) in [5.41, 5.74) is 2.93. The van der Waals surface area contributed by atoms with Crippen LogP contribution in [0.2, 0.25) is 0 Å². The highest BCUT2D eigenvalue weighted by molar-refractivity contribution is 7.83. The van der Waals surface area contributed by atoms with E-state index in [4.69, 9.17) is 0 Å². The summed E-state index contributed by atoms with van der Waals surface area (Å²) in [6.45, 7) is 0.746. The van der Waals surface area contributed by atoms with Gasteiger partial charge in [0.2, 0.25) is 5.91 Å². The van der Waals surface area contributed by atoms with E-state index in [0.29, 0.717) is 23.4 Å². The van der Waals surface area contributed by atoms with Crippen LogP contribution in [0.4, 0.5) is 11.4 Å². The van der Waals surface area contributed by atoms with Gasteiger partial charge in [-0.1, -0.05) is 12.1 Å². The van der Waals surface area contributed by atoms with Gasteiger partial charge in [0, 0.05) is 52.7 Å². The van der Waals surface area contributed by atoms with Crippen molar-refractivity contribution in [1.82, 2.24) is 0 Å². The van der Waals surface area contributed by atoms with Crippen molar-refractivity contribution < 1.29 is 13.8 Å². The lowest BCUT2D eigenvalue weighted by Crippen LogP contribution is -2.23. The van der Waals surface area contributed by atoms with Crippen LogP contribution in [-0.2, 0) is 21.3 Å². The predicted octanol–water partition coefficient (Wildman–Crippen LogP) is 2.94. The van der Waals surface area contributed by atoms with Crippen molar-refractivity contribution in [2.75, 3.05) is 23.0 Å². The summed E-state index contributed by atoms with van der Waals surface area (Å²) in [4.78, 5) is 25.9. The topological polar surface area (TPSA) is 66.5 Å². The third kappa shape index (κ3) is 4.33. The molecule has 0 bridgehead atoms. The molecule has 5 nitrogen and oxygen atoms in total. The van der Waals surface area contributed by atoms with Crippen LogP contribution in [0, 0.1) is 0 Å². The van der Waals surface area contributed by atoms with E-state index in [0.717, 1.165) is 24.2 Å². The minimum absolute atomic E-state index is 0.141. The zero-order valence-electron chi connectivity index (χ0n) is 14.0. The molecule has 0 radical (unpaired) electrons. The predicted molar refractivity (Wildman–Crippen MR) is 100 cm³/mol. The summed E-state index contributed by atoms with van der Waals surface area (Å²) in [6, 6.07) is 14.4. The molecule has 0 spiro atoms. The molecule has 25 heavy (non-hydrogen) atoms. The number of nitrogens with one attached hydrogen (secondary N) is 1. The van der Waals surface area contributed by atoms with Crippen LogP contribution >= 0.6 is 0 Å². The Hall–Kier alpha value is -2.47. The molecular formula is C19H20N2O3S. The first kappa shape index (κ1) is 17.4. The van der Waals surface area contributed by atoms with Gasteiger partial charge < -0.3 is 10.2 Å². The van der Waals surface area contributed by atoms with Crippen LogP contribution in [0.5, 0.6) is 0 Å². The molecule has 0 saturated carbocycles. The lowest BCUT2D eigenvalue weighted by Gasteiger charge is -2.16. The largest absolute Gasteiger partial charge is 0.322 e. The third-order valence-electron chi connectivity index (χ3n) is 4.07. The quantitative estimate of drug-likeness (QED) is 0.896. The minimum Gasteiger partial charge on any atom is -0.322 e. The lowest BCUT2D eigenvalue weighted by molar-refractivity contribution is -0.117. The van der Waals surface area contributed by atoms with Crippen LogP contribution in [-0.4, -0.2) is 28.8 Å². The standard InChI is InChI=1S/C19H20N2O3S/c1-25(24)13-14-4-2-5-15(12-14)19(23)20-16-7-9-17(10-8-16)21-11-3-6-18(21)22/h2,4-5,7-10,12H,3,6,11,13H2,1H3,(H,20,23)/t25-/m0/s1. The molecule has 0 aromatic heterocycles. The highest BCUT2D eigenvalue weighted by Crippen LogP contribution is 2.23. The Bertz CT molecular complexity index is 818. The Labute approximate surface area is 149 Å². The van der Waals surface area contributed by atoms with Gasteiger partial charge >= 0.3 is 0 Å². The molecular weight excluding hydrogens is 336 g/mol. The summed E-state index contributed by atoms with van der Waals surface area (Å²) < 4.78 is 11.3. The van der Waals surface area contributed by atoms with E-state index in [9.17, 15) is 13.8 Å². The Morgan fingerprint density at radius 3 is 2.60 bits per heavy atom. The average Bonchev–Trinajstić information content (AvgIpc) is 3.01. The van der Waals surface area contributed by atoms with Crippen molar-refractivity contribution >= 4 is 34.0 Å². The molecule has 0 aliphatic carbocycles. The Balaban J connectivity index is 1.68. The van der Waals surface area contributed by atoms with Crippen LogP contribution in [0.3, 0.4) is 0 Å². The molecule has 0 unspecified atom stereocenters. The molecule has 2 aromatic carbocycles. The number of hydrogen-bond donors (Lipinski definition) is 1. The Kier molecular flexibility index (Phi) is 5.28. The molecule has 1 saturated heterocycles. The van der Waals surface area contributed by atoms with Crippen LogP contribution < -0.4 is 10.2 Å². The fourth-order valence-electron chi connectivity index (χ4n) is 2.89. The van der Waals surface area contributed by atoms with Crippen LogP contribution in [0.25, 0.3) is 0 Å². The van der Waals surface area contributed by atoms with Gasteiger partial charge in [-0.15, -0.1) is 0 Å². The van der Waals surface area contributed by atoms with E-state index in [-0.39, 0.29) is 11.8 Å². The molecule has 130 valence electrons. The highest BCUT2D eigenvalue weighted by atomic mass is 32.2. The second kappa shape index (κ2) is 7.61. The van der Waals surface area contributed by atoms with Gasteiger partial charge in [0.15, 0.2) is 0 Å². The molecule has 3 rings (SSSR count). The van der Waals surface area contributed by atoms with Crippen LogP contribution in [0.15, 0.2) is 48.5 Å². The molecule has 2 aromatic rings. The minimum atomic E-state index is -0.947. The SMILES string of the molecule is C[S@](=O)Cc1cccc(C(=O)Nc2ccc(N3CCCC3=O)cc2)c1. The zero-order chi connectivity index (χ0) is 17.8. The van der Waals surface area contributed by atoms with Crippen molar-refractivity contribution in [1.29, 1.82) is 0 Å². The number of nitrogens with zero attached hydrogens (tertiary/aromatic N) is 1. The van der Waals surface area contributed by atoms with Gasteiger partial charge in [-0.3, -0.25) is 13.8 Å². The second-order valence-electron chi connectivity index (χ2n) is 6.07. The number of hydrogen-bond acceptors (Lipinski definition) is 3. The first-order valence-corrected chi connectivity index (χ1v) is 9.86. The van der Waals surface area contributed by atoms with Crippen molar-refractivity contribution in [3.05, 3.63) is 59.7 Å². The van der Waals surface area contributed by atoms with Crippen molar-refractivity contribution in [2.24, 2.45) is 0 Å². The van der Waals surface area contributed by atoms with Gasteiger partial charge in [0.05, 0.1) is 0 Å². The van der Waals surface area contributed by atoms with Crippen molar-refractivity contribution in [3.8, 4) is 0 Å². The first-order valence-electron chi connectivity index (χ1n) is 8.14. The van der Waals surface area contributed by atoms with Gasteiger partial charge in [-0.25, -0.2) is 0 Å². The second-order valence-corrected chi connectivity index (χ2v) is 7.50. The maximum Gasteiger partial charge on any atom is 0.255 e. The molecule has 1 aliphatic rings. The summed E-state index contributed by atoms with van der Waals surface area (Å²) in [5, 5.41) is 2.85. The fourth-order valence-corrected chi connectivity index (χ4v) is 3.54. The molecule has 1 heterocycles. The maximum absolute atomic E-state index is 12.4. The molecule has 1 atom stereocenters. The van der Waals surface area contributed by atoms with E-state index < -0.39 is 10.8 Å². The highest BCUT2D eigenvalue weighted by Gasteiger charge is 2.21. The van der Waals surface area contributed by atoms with Gasteiger partial charge in [0.25, 0.3) is 5.91 Å². The average molecular weight is 356 g/mol. The molecule has 2 amide bonds. The van der Waals surface area contributed by atoms with Crippen LogP contribution in [0.1, 0.15) is 28.8 Å². The number of carbonyl (C=O) groups is 2. The van der Waals surface area contributed by atoms with E-state index in [2.05, 4.69) is 5.32 Å². The number of carbonyl (C=O) groups excluding carboxylic acids is 2. The summed E-state index contributed by atoms with van der Waals surface area (Å²) in [7, 11) is -0.947. The van der Waals surface area contributed by atoms with Crippen molar-refractivity contribution in [2.45, 2.75) is 18.6 Å². The summed E-state index contributed by atoms with van der Waals surface area (Å²) >= 11 is 0. The summed E-state index contributed by atoms with van der Waals surface area (Å²) in [5.74, 6) is 0.357. The monoisotopic (exact) mass is 356 g/mol. The summed E-state index contributed by atoms with van der Waals surface area (Å²) in [6.07, 6.45) is 3.12. The Morgan fingerprint density at radius 2 is 1.96 bits per heavy atom. The third-order valence-corrected chi connectivity index (χ3v) is 4.81. The fraction of sp³-hybridized carbons (Fsp3) is 0.263. The smallest absolute Gasteiger partial charge is 0.255 e. The number of anilines is 2. The van der Waals surface area contributed by atoms with E-state index in [1.54, 1.807) is 41.5 Å². The number of amides is 2. The van der Waals surface area contributed by atoms with Crippen molar-refractivity contribution in [3.63, 3.8) is 0 Å². The number of rotatable bonds is 5. The van der Waals surface area contributed by atoms with E-state index in [1.165, 1.54) is 0 Å². The molecule has 6 heteroatoms.